The molecule has 0 aromatic carbocycles. The zero-order chi connectivity index (χ0) is 14.5. The highest BCUT2D eigenvalue weighted by atomic mass is 35.5. The van der Waals surface area contributed by atoms with Gasteiger partial charge in [-0.25, -0.2) is 4.98 Å². The second kappa shape index (κ2) is 6.29. The van der Waals surface area contributed by atoms with E-state index in [1.165, 1.54) is 18.3 Å². The third-order valence-electron chi connectivity index (χ3n) is 2.50. The van der Waals surface area contributed by atoms with Gasteiger partial charge in [-0.1, -0.05) is 18.5 Å². The summed E-state index contributed by atoms with van der Waals surface area (Å²) in [4.78, 5) is 18.6. The molecule has 0 unspecified atom stereocenters. The largest absolute Gasteiger partial charge is 0.492 e. The number of hydrogen-bond donors (Lipinski definition) is 0. The van der Waals surface area contributed by atoms with Crippen LogP contribution >= 0.6 is 11.6 Å². The second-order valence-electron chi connectivity index (χ2n) is 4.02. The highest BCUT2D eigenvalue weighted by molar-refractivity contribution is 6.29. The smallest absolute Gasteiger partial charge is 0.295 e. The molecule has 0 saturated carbocycles. The van der Waals surface area contributed by atoms with E-state index in [2.05, 4.69) is 9.97 Å². The van der Waals surface area contributed by atoms with Crippen molar-refractivity contribution < 1.29 is 9.66 Å². The number of hydrogen-bond acceptors (Lipinski definition) is 5. The minimum atomic E-state index is -0.502. The Hall–Kier alpha value is -2.21. The molecule has 104 valence electrons. The molecule has 6 nitrogen and oxygen atoms in total. The highest BCUT2D eigenvalue weighted by Crippen LogP contribution is 2.30. The molecular formula is C13H12ClN3O3. The Morgan fingerprint density at radius 2 is 2.20 bits per heavy atom. The number of aromatic nitrogens is 2. The molecule has 0 bridgehead atoms. The van der Waals surface area contributed by atoms with Crippen molar-refractivity contribution in [2.75, 3.05) is 6.61 Å². The fraction of sp³-hybridized carbons (Fsp3) is 0.231. The minimum Gasteiger partial charge on any atom is -0.492 e. The van der Waals surface area contributed by atoms with Crippen LogP contribution in [0.25, 0.3) is 11.3 Å². The molecule has 0 spiro atoms. The van der Waals surface area contributed by atoms with Crippen LogP contribution in [0.5, 0.6) is 5.75 Å². The number of rotatable bonds is 5. The van der Waals surface area contributed by atoms with Gasteiger partial charge in [0.15, 0.2) is 5.69 Å². The molecule has 0 amide bonds. The number of pyridine rings is 2. The van der Waals surface area contributed by atoms with Crippen LogP contribution in [0.15, 0.2) is 30.6 Å². The van der Waals surface area contributed by atoms with Gasteiger partial charge >= 0.3 is 0 Å². The average Bonchev–Trinajstić information content (AvgIpc) is 2.45. The summed E-state index contributed by atoms with van der Waals surface area (Å²) in [6.07, 6.45) is 3.90. The van der Waals surface area contributed by atoms with Crippen molar-refractivity contribution in [3.8, 4) is 17.0 Å². The third kappa shape index (κ3) is 3.21. The molecule has 7 heteroatoms. The maximum atomic E-state index is 11.0. The van der Waals surface area contributed by atoms with Crippen molar-refractivity contribution in [2.24, 2.45) is 0 Å². The molecule has 0 aliphatic rings. The fourth-order valence-corrected chi connectivity index (χ4v) is 1.78. The standard InChI is InChI=1S/C13H12ClN3O3/c1-2-5-20-10-6-9(7-15-8-10)13-11(17(18)19)3-4-12(14)16-13/h3-4,6-8H,2,5H2,1H3. The van der Waals surface area contributed by atoms with Crippen molar-refractivity contribution in [3.05, 3.63) is 45.9 Å². The van der Waals surface area contributed by atoms with Gasteiger partial charge in [-0.3, -0.25) is 15.1 Å². The number of nitro groups is 1. The first kappa shape index (κ1) is 14.2. The van der Waals surface area contributed by atoms with Crippen LogP contribution in [0.1, 0.15) is 13.3 Å². The summed E-state index contributed by atoms with van der Waals surface area (Å²) in [6, 6.07) is 4.37. The van der Waals surface area contributed by atoms with Gasteiger partial charge in [0.05, 0.1) is 17.7 Å². The van der Waals surface area contributed by atoms with Gasteiger partial charge in [0.2, 0.25) is 0 Å². The first-order valence-electron chi connectivity index (χ1n) is 6.01. The summed E-state index contributed by atoms with van der Waals surface area (Å²) in [5, 5.41) is 11.2. The van der Waals surface area contributed by atoms with E-state index in [9.17, 15) is 10.1 Å². The van der Waals surface area contributed by atoms with Crippen molar-refractivity contribution >= 4 is 17.3 Å². The summed E-state index contributed by atoms with van der Waals surface area (Å²) in [5.74, 6) is 0.542. The summed E-state index contributed by atoms with van der Waals surface area (Å²) in [6.45, 7) is 2.54. The summed E-state index contributed by atoms with van der Waals surface area (Å²) in [5.41, 5.74) is 0.550. The normalized spacial score (nSPS) is 10.3. The summed E-state index contributed by atoms with van der Waals surface area (Å²) < 4.78 is 5.45. The van der Waals surface area contributed by atoms with Crippen molar-refractivity contribution in [2.45, 2.75) is 13.3 Å². The van der Waals surface area contributed by atoms with E-state index in [-0.39, 0.29) is 16.5 Å². The Balaban J connectivity index is 2.45. The van der Waals surface area contributed by atoms with E-state index >= 15 is 0 Å². The van der Waals surface area contributed by atoms with Crippen LogP contribution in [0.3, 0.4) is 0 Å². The third-order valence-corrected chi connectivity index (χ3v) is 2.71. The summed E-state index contributed by atoms with van der Waals surface area (Å²) in [7, 11) is 0. The van der Waals surface area contributed by atoms with Crippen molar-refractivity contribution in [1.82, 2.24) is 9.97 Å². The lowest BCUT2D eigenvalue weighted by atomic mass is 10.1. The molecule has 2 aromatic heterocycles. The van der Waals surface area contributed by atoms with E-state index in [1.807, 2.05) is 6.92 Å². The van der Waals surface area contributed by atoms with Crippen LogP contribution in [0.2, 0.25) is 5.15 Å². The van der Waals surface area contributed by atoms with Gasteiger partial charge < -0.3 is 4.74 Å². The lowest BCUT2D eigenvalue weighted by Gasteiger charge is -2.06. The Bertz CT molecular complexity index is 634. The fourth-order valence-electron chi connectivity index (χ4n) is 1.63. The van der Waals surface area contributed by atoms with E-state index in [1.54, 1.807) is 12.3 Å². The lowest BCUT2D eigenvalue weighted by molar-refractivity contribution is -0.384. The quantitative estimate of drug-likeness (QED) is 0.479. The van der Waals surface area contributed by atoms with Crippen LogP contribution in [0, 0.1) is 10.1 Å². The lowest BCUT2D eigenvalue weighted by Crippen LogP contribution is -1.98. The van der Waals surface area contributed by atoms with Crippen molar-refractivity contribution in [3.63, 3.8) is 0 Å². The first-order valence-corrected chi connectivity index (χ1v) is 6.38. The molecule has 0 atom stereocenters. The number of nitrogens with zero attached hydrogens (tertiary/aromatic N) is 3. The van der Waals surface area contributed by atoms with Gasteiger partial charge in [0.25, 0.3) is 5.69 Å². The molecule has 2 aromatic rings. The topological polar surface area (TPSA) is 78.2 Å². The van der Waals surface area contributed by atoms with E-state index in [0.717, 1.165) is 6.42 Å². The SMILES string of the molecule is CCCOc1cncc(-c2nc(Cl)ccc2[N+](=O)[O-])c1. The van der Waals surface area contributed by atoms with Gasteiger partial charge in [-0.2, -0.15) is 0 Å². The molecule has 0 fully saturated rings. The van der Waals surface area contributed by atoms with Gasteiger partial charge in [-0.15, -0.1) is 0 Å². The van der Waals surface area contributed by atoms with E-state index in [0.29, 0.717) is 17.9 Å². The first-order chi connectivity index (χ1) is 9.61. The van der Waals surface area contributed by atoms with Crippen LogP contribution in [0.4, 0.5) is 5.69 Å². The van der Waals surface area contributed by atoms with Crippen LogP contribution in [-0.4, -0.2) is 21.5 Å². The maximum absolute atomic E-state index is 11.0. The minimum absolute atomic E-state index is 0.121. The molecular weight excluding hydrogens is 282 g/mol. The predicted molar refractivity (Wildman–Crippen MR) is 74.9 cm³/mol. The predicted octanol–water partition coefficient (Wildman–Crippen LogP) is 3.49. The molecule has 0 saturated heterocycles. The maximum Gasteiger partial charge on any atom is 0.295 e. The van der Waals surface area contributed by atoms with Crippen molar-refractivity contribution in [1.29, 1.82) is 0 Å². The van der Waals surface area contributed by atoms with Gasteiger partial charge in [-0.05, 0) is 18.6 Å². The van der Waals surface area contributed by atoms with Crippen LogP contribution < -0.4 is 4.74 Å². The molecule has 2 heterocycles. The van der Waals surface area contributed by atoms with Crippen LogP contribution in [-0.2, 0) is 0 Å². The molecule has 2 rings (SSSR count). The van der Waals surface area contributed by atoms with E-state index in [4.69, 9.17) is 16.3 Å². The number of halogens is 1. The van der Waals surface area contributed by atoms with Gasteiger partial charge in [0.1, 0.15) is 10.9 Å². The average molecular weight is 294 g/mol. The van der Waals surface area contributed by atoms with E-state index < -0.39 is 4.92 Å². The Labute approximate surface area is 120 Å². The van der Waals surface area contributed by atoms with Gasteiger partial charge in [0, 0.05) is 17.8 Å². The molecule has 0 aliphatic heterocycles. The molecule has 20 heavy (non-hydrogen) atoms. The summed E-state index contributed by atoms with van der Waals surface area (Å²) >= 11 is 5.81. The monoisotopic (exact) mass is 293 g/mol. The Morgan fingerprint density at radius 1 is 1.40 bits per heavy atom. The number of ether oxygens (including phenoxy) is 1. The highest BCUT2D eigenvalue weighted by Gasteiger charge is 2.18. The zero-order valence-corrected chi connectivity index (χ0v) is 11.5. The Kier molecular flexibility index (Phi) is 4.47. The Morgan fingerprint density at radius 3 is 2.90 bits per heavy atom. The molecule has 0 aliphatic carbocycles. The second-order valence-corrected chi connectivity index (χ2v) is 4.40. The molecule has 0 radical (unpaired) electrons. The zero-order valence-electron chi connectivity index (χ0n) is 10.7. The molecule has 0 N–H and O–H groups in total.